The van der Waals surface area contributed by atoms with Crippen LogP contribution in [0, 0.1) is 0 Å². The number of carbonyl (C=O) groups is 1. The van der Waals surface area contributed by atoms with E-state index in [2.05, 4.69) is 20.6 Å². The van der Waals surface area contributed by atoms with Gasteiger partial charge in [-0.25, -0.2) is 9.97 Å². The molecule has 1 atom stereocenters. The van der Waals surface area contributed by atoms with Crippen molar-refractivity contribution in [2.45, 2.75) is 39.3 Å². The van der Waals surface area contributed by atoms with Gasteiger partial charge in [-0.3, -0.25) is 4.79 Å². The molecule has 6 heteroatoms. The molecule has 0 saturated carbocycles. The van der Waals surface area contributed by atoms with Crippen LogP contribution in [0.15, 0.2) is 24.3 Å². The second-order valence-electron chi connectivity index (χ2n) is 5.96. The minimum Gasteiger partial charge on any atom is -0.358 e. The number of hydrogen-bond donors (Lipinski definition) is 2. The van der Waals surface area contributed by atoms with Crippen molar-refractivity contribution in [3.05, 3.63) is 29.5 Å². The number of hydrogen-bond acceptors (Lipinski definition) is 4. The molecule has 1 aromatic carbocycles. The van der Waals surface area contributed by atoms with E-state index in [1.807, 2.05) is 45.0 Å². The van der Waals surface area contributed by atoms with E-state index >= 15 is 0 Å². The molecule has 21 heavy (non-hydrogen) atoms. The number of amides is 1. The maximum atomic E-state index is 12.1. The van der Waals surface area contributed by atoms with E-state index in [4.69, 9.17) is 11.6 Å². The molecule has 0 aliphatic heterocycles. The van der Waals surface area contributed by atoms with Gasteiger partial charge in [-0.15, -0.1) is 0 Å². The van der Waals surface area contributed by atoms with Crippen LogP contribution in [0.4, 0.5) is 5.82 Å². The number of carbonyl (C=O) groups excluding carboxylic acids is 1. The standard InChI is InChI=1S/C15H19ClN4O/c1-9(13(21)20-15(2,3)4)17-12-10-7-5-6-8-11(10)18-14(16)19-12/h5-9H,1-4H3,(H,20,21)(H,17,18,19). The molecule has 1 aromatic heterocycles. The number of para-hydroxylation sites is 1. The van der Waals surface area contributed by atoms with Crippen molar-refractivity contribution in [3.63, 3.8) is 0 Å². The molecule has 2 aromatic rings. The van der Waals surface area contributed by atoms with E-state index in [-0.39, 0.29) is 16.7 Å². The van der Waals surface area contributed by atoms with E-state index in [0.29, 0.717) is 5.82 Å². The molecule has 112 valence electrons. The first kappa shape index (κ1) is 15.5. The first-order valence-electron chi connectivity index (χ1n) is 6.77. The van der Waals surface area contributed by atoms with Gasteiger partial charge in [0.15, 0.2) is 0 Å². The van der Waals surface area contributed by atoms with Crippen molar-refractivity contribution in [1.29, 1.82) is 0 Å². The van der Waals surface area contributed by atoms with Crippen LogP contribution in [-0.2, 0) is 4.79 Å². The van der Waals surface area contributed by atoms with Gasteiger partial charge in [0.1, 0.15) is 11.9 Å². The number of halogens is 1. The third kappa shape index (κ3) is 4.04. The fraction of sp³-hybridized carbons (Fsp3) is 0.400. The largest absolute Gasteiger partial charge is 0.358 e. The smallest absolute Gasteiger partial charge is 0.242 e. The topological polar surface area (TPSA) is 66.9 Å². The lowest BCUT2D eigenvalue weighted by atomic mass is 10.1. The first-order chi connectivity index (χ1) is 9.76. The minimum atomic E-state index is -0.432. The first-order valence-corrected chi connectivity index (χ1v) is 7.15. The summed E-state index contributed by atoms with van der Waals surface area (Å²) in [6.07, 6.45) is 0. The molecule has 2 rings (SSSR count). The fourth-order valence-electron chi connectivity index (χ4n) is 1.91. The number of nitrogens with one attached hydrogen (secondary N) is 2. The molecular formula is C15H19ClN4O. The molecule has 2 N–H and O–H groups in total. The van der Waals surface area contributed by atoms with Crippen molar-refractivity contribution in [2.75, 3.05) is 5.32 Å². The van der Waals surface area contributed by atoms with Gasteiger partial charge in [0.2, 0.25) is 11.2 Å². The highest BCUT2D eigenvalue weighted by molar-refractivity contribution is 6.28. The van der Waals surface area contributed by atoms with Gasteiger partial charge in [0, 0.05) is 10.9 Å². The predicted octanol–water partition coefficient (Wildman–Crippen LogP) is 3.00. The van der Waals surface area contributed by atoms with Crippen LogP contribution in [0.2, 0.25) is 5.28 Å². The van der Waals surface area contributed by atoms with Crippen LogP contribution in [0.1, 0.15) is 27.7 Å². The van der Waals surface area contributed by atoms with Gasteiger partial charge < -0.3 is 10.6 Å². The molecule has 0 fully saturated rings. The van der Waals surface area contributed by atoms with Crippen molar-refractivity contribution < 1.29 is 4.79 Å². The zero-order chi connectivity index (χ0) is 15.6. The molecule has 0 spiro atoms. The molecule has 1 heterocycles. The summed E-state index contributed by atoms with van der Waals surface area (Å²) in [6.45, 7) is 7.60. The molecule has 1 unspecified atom stereocenters. The monoisotopic (exact) mass is 306 g/mol. The van der Waals surface area contributed by atoms with Gasteiger partial charge in [-0.1, -0.05) is 12.1 Å². The van der Waals surface area contributed by atoms with Gasteiger partial charge in [0.05, 0.1) is 5.52 Å². The number of anilines is 1. The number of aromatic nitrogens is 2. The fourth-order valence-corrected chi connectivity index (χ4v) is 2.08. The molecule has 0 saturated heterocycles. The minimum absolute atomic E-state index is 0.0960. The third-order valence-electron chi connectivity index (χ3n) is 2.82. The van der Waals surface area contributed by atoms with Crippen LogP contribution in [0.25, 0.3) is 10.9 Å². The lowest BCUT2D eigenvalue weighted by molar-refractivity contribution is -0.122. The number of benzene rings is 1. The Labute approximate surface area is 129 Å². The summed E-state index contributed by atoms with van der Waals surface area (Å²) < 4.78 is 0. The molecular weight excluding hydrogens is 288 g/mol. The third-order valence-corrected chi connectivity index (χ3v) is 2.99. The van der Waals surface area contributed by atoms with Crippen LogP contribution in [0.5, 0.6) is 0 Å². The summed E-state index contributed by atoms with van der Waals surface area (Å²) in [7, 11) is 0. The SMILES string of the molecule is CC(Nc1nc(Cl)nc2ccccc12)C(=O)NC(C)(C)C. The van der Waals surface area contributed by atoms with Crippen molar-refractivity contribution in [3.8, 4) is 0 Å². The van der Waals surface area contributed by atoms with Gasteiger partial charge in [0.25, 0.3) is 0 Å². The zero-order valence-corrected chi connectivity index (χ0v) is 13.3. The predicted molar refractivity (Wildman–Crippen MR) is 85.5 cm³/mol. The Balaban J connectivity index is 2.25. The Kier molecular flexibility index (Phi) is 4.32. The van der Waals surface area contributed by atoms with Crippen molar-refractivity contribution in [1.82, 2.24) is 15.3 Å². The van der Waals surface area contributed by atoms with Gasteiger partial charge in [-0.05, 0) is 51.4 Å². The summed E-state index contributed by atoms with van der Waals surface area (Å²) in [5, 5.41) is 7.01. The van der Waals surface area contributed by atoms with E-state index in [1.165, 1.54) is 0 Å². The Bertz CT molecular complexity index is 666. The molecule has 1 amide bonds. The highest BCUT2D eigenvalue weighted by Gasteiger charge is 2.20. The Morgan fingerprint density at radius 1 is 1.24 bits per heavy atom. The van der Waals surface area contributed by atoms with Gasteiger partial charge >= 0.3 is 0 Å². The molecule has 0 bridgehead atoms. The number of fused-ring (bicyclic) bond motifs is 1. The lowest BCUT2D eigenvalue weighted by Gasteiger charge is -2.24. The summed E-state index contributed by atoms with van der Waals surface area (Å²) in [4.78, 5) is 20.5. The second-order valence-corrected chi connectivity index (χ2v) is 6.30. The average Bonchev–Trinajstić information content (AvgIpc) is 2.36. The molecule has 0 radical (unpaired) electrons. The zero-order valence-electron chi connectivity index (χ0n) is 12.6. The maximum absolute atomic E-state index is 12.1. The Morgan fingerprint density at radius 3 is 2.57 bits per heavy atom. The average molecular weight is 307 g/mol. The summed E-state index contributed by atoms with van der Waals surface area (Å²) in [5.41, 5.74) is 0.460. The molecule has 0 aliphatic carbocycles. The Hall–Kier alpha value is -1.88. The number of rotatable bonds is 3. The van der Waals surface area contributed by atoms with E-state index in [0.717, 1.165) is 10.9 Å². The lowest BCUT2D eigenvalue weighted by Crippen LogP contribution is -2.47. The van der Waals surface area contributed by atoms with Crippen molar-refractivity contribution >= 4 is 34.2 Å². The normalized spacial score (nSPS) is 13.0. The maximum Gasteiger partial charge on any atom is 0.242 e. The van der Waals surface area contributed by atoms with Crippen LogP contribution in [0.3, 0.4) is 0 Å². The Morgan fingerprint density at radius 2 is 1.90 bits per heavy atom. The molecule has 5 nitrogen and oxygen atoms in total. The quantitative estimate of drug-likeness (QED) is 0.856. The van der Waals surface area contributed by atoms with E-state index in [9.17, 15) is 4.79 Å². The van der Waals surface area contributed by atoms with Gasteiger partial charge in [-0.2, -0.15) is 0 Å². The summed E-state index contributed by atoms with van der Waals surface area (Å²) >= 11 is 5.93. The molecule has 0 aliphatic rings. The number of nitrogens with zero attached hydrogens (tertiary/aromatic N) is 2. The summed E-state index contributed by atoms with van der Waals surface area (Å²) in [5.74, 6) is 0.462. The highest BCUT2D eigenvalue weighted by atomic mass is 35.5. The summed E-state index contributed by atoms with van der Waals surface area (Å²) in [6, 6.07) is 7.09. The van der Waals surface area contributed by atoms with E-state index < -0.39 is 6.04 Å². The second kappa shape index (κ2) is 5.85. The van der Waals surface area contributed by atoms with Crippen molar-refractivity contribution in [2.24, 2.45) is 0 Å². The van der Waals surface area contributed by atoms with Crippen LogP contribution < -0.4 is 10.6 Å². The van der Waals surface area contributed by atoms with Crippen LogP contribution in [-0.4, -0.2) is 27.5 Å². The highest BCUT2D eigenvalue weighted by Crippen LogP contribution is 2.22. The van der Waals surface area contributed by atoms with E-state index in [1.54, 1.807) is 6.92 Å². The van der Waals surface area contributed by atoms with Crippen LogP contribution >= 0.6 is 11.6 Å².